The first-order chi connectivity index (χ1) is 19.9. The summed E-state index contributed by atoms with van der Waals surface area (Å²) in [5, 5.41) is 6.04. The highest BCUT2D eigenvalue weighted by atomic mass is 32.2. The van der Waals surface area contributed by atoms with Crippen molar-refractivity contribution in [1.29, 1.82) is 0 Å². The van der Waals surface area contributed by atoms with E-state index in [2.05, 4.69) is 39.8 Å². The standard InChI is InChI=1S/C30H46N4O5S2/c1-3-39-30(38)29(37)34(22-40-2)19-27(35)32-26(21-41-20-24-12-8-5-9-13-24)28(36)31-25-14-16-33(17-15-25)18-23-10-6-4-7-11-23/h4,6-7,10-11,24-26H,3,5,8-9,12-22H2,1-2H3,(H,31,36)(H,32,35)/t26-/m0/s1. The van der Waals surface area contributed by atoms with E-state index < -0.39 is 23.8 Å². The van der Waals surface area contributed by atoms with E-state index in [9.17, 15) is 19.2 Å². The van der Waals surface area contributed by atoms with Gasteiger partial charge in [-0.2, -0.15) is 11.8 Å². The molecule has 1 saturated heterocycles. The molecule has 0 aromatic heterocycles. The number of piperidine rings is 1. The van der Waals surface area contributed by atoms with Crippen molar-refractivity contribution in [3.63, 3.8) is 0 Å². The molecule has 228 valence electrons. The number of nitrogens with one attached hydrogen (secondary N) is 2. The lowest BCUT2D eigenvalue weighted by molar-refractivity contribution is -0.159. The predicted molar refractivity (Wildman–Crippen MR) is 165 cm³/mol. The molecule has 41 heavy (non-hydrogen) atoms. The van der Waals surface area contributed by atoms with E-state index in [-0.39, 0.29) is 31.0 Å². The Labute approximate surface area is 253 Å². The summed E-state index contributed by atoms with van der Waals surface area (Å²) in [4.78, 5) is 54.5. The summed E-state index contributed by atoms with van der Waals surface area (Å²) < 4.78 is 4.83. The Hall–Kier alpha value is -2.24. The number of carbonyl (C=O) groups excluding carboxylic acids is 4. The molecular weight excluding hydrogens is 560 g/mol. The van der Waals surface area contributed by atoms with Crippen molar-refractivity contribution in [3.05, 3.63) is 35.9 Å². The number of esters is 1. The van der Waals surface area contributed by atoms with Crippen LogP contribution in [0.15, 0.2) is 30.3 Å². The van der Waals surface area contributed by atoms with Crippen molar-refractivity contribution in [1.82, 2.24) is 20.4 Å². The monoisotopic (exact) mass is 606 g/mol. The smallest absolute Gasteiger partial charge is 0.397 e. The Morgan fingerprint density at radius 3 is 2.41 bits per heavy atom. The van der Waals surface area contributed by atoms with Gasteiger partial charge in [-0.15, -0.1) is 11.8 Å². The first-order valence-corrected chi connectivity index (χ1v) is 17.3. The van der Waals surface area contributed by atoms with Gasteiger partial charge in [-0.25, -0.2) is 4.79 Å². The van der Waals surface area contributed by atoms with Gasteiger partial charge in [0.25, 0.3) is 0 Å². The van der Waals surface area contributed by atoms with Gasteiger partial charge < -0.3 is 20.3 Å². The summed E-state index contributed by atoms with van der Waals surface area (Å²) in [6.07, 6.45) is 9.74. The second kappa shape index (κ2) is 18.3. The first kappa shape index (κ1) is 33.3. The lowest BCUT2D eigenvalue weighted by atomic mass is 9.91. The molecule has 3 amide bonds. The highest BCUT2D eigenvalue weighted by Crippen LogP contribution is 2.27. The zero-order chi connectivity index (χ0) is 29.5. The maximum atomic E-state index is 13.4. The van der Waals surface area contributed by atoms with Crippen LogP contribution in [0.3, 0.4) is 0 Å². The number of hydrogen-bond donors (Lipinski definition) is 2. The van der Waals surface area contributed by atoms with Crippen LogP contribution in [0.25, 0.3) is 0 Å². The lowest BCUT2D eigenvalue weighted by Crippen LogP contribution is -2.55. The molecule has 1 heterocycles. The van der Waals surface area contributed by atoms with Gasteiger partial charge in [0.15, 0.2) is 0 Å². The van der Waals surface area contributed by atoms with Crippen molar-refractivity contribution < 1.29 is 23.9 Å². The molecule has 0 spiro atoms. The number of rotatable bonds is 14. The Bertz CT molecular complexity index is 969. The molecule has 0 radical (unpaired) electrons. The van der Waals surface area contributed by atoms with Gasteiger partial charge in [0.1, 0.15) is 12.6 Å². The number of amides is 3. The third kappa shape index (κ3) is 11.9. The van der Waals surface area contributed by atoms with E-state index in [1.807, 2.05) is 6.07 Å². The van der Waals surface area contributed by atoms with Crippen LogP contribution in [-0.2, 0) is 30.5 Å². The molecule has 3 rings (SSSR count). The van der Waals surface area contributed by atoms with Crippen molar-refractivity contribution in [2.24, 2.45) is 5.92 Å². The number of nitrogens with zero attached hydrogens (tertiary/aromatic N) is 2. The number of carbonyl (C=O) groups is 4. The minimum atomic E-state index is -0.981. The Balaban J connectivity index is 1.55. The van der Waals surface area contributed by atoms with Gasteiger partial charge in [-0.1, -0.05) is 49.6 Å². The fourth-order valence-corrected chi connectivity index (χ4v) is 7.13. The lowest BCUT2D eigenvalue weighted by Gasteiger charge is -2.33. The number of likely N-dealkylation sites (tertiary alicyclic amines) is 1. The maximum absolute atomic E-state index is 13.4. The van der Waals surface area contributed by atoms with E-state index in [1.54, 1.807) is 24.9 Å². The molecule has 1 aliphatic heterocycles. The fourth-order valence-electron chi connectivity index (χ4n) is 5.34. The van der Waals surface area contributed by atoms with E-state index in [0.29, 0.717) is 11.7 Å². The Morgan fingerprint density at radius 2 is 1.76 bits per heavy atom. The molecule has 1 aliphatic carbocycles. The molecule has 2 aliphatic rings. The SMILES string of the molecule is CCOC(=O)C(=O)N(CSC)CC(=O)N[C@@H](CSCC1CCCCC1)C(=O)NC1CCN(Cc2ccccc2)CC1. The normalized spacial score (nSPS) is 17.4. The quantitative estimate of drug-likeness (QED) is 0.189. The molecule has 11 heteroatoms. The van der Waals surface area contributed by atoms with E-state index in [1.165, 1.54) is 49.4 Å². The summed E-state index contributed by atoms with van der Waals surface area (Å²) in [5.41, 5.74) is 1.28. The number of ether oxygens (including phenoxy) is 1. The molecule has 2 fully saturated rings. The highest BCUT2D eigenvalue weighted by molar-refractivity contribution is 7.99. The van der Waals surface area contributed by atoms with Crippen molar-refractivity contribution in [3.8, 4) is 0 Å². The maximum Gasteiger partial charge on any atom is 0.397 e. The van der Waals surface area contributed by atoms with Crippen LogP contribution >= 0.6 is 23.5 Å². The van der Waals surface area contributed by atoms with Crippen LogP contribution in [0.5, 0.6) is 0 Å². The highest BCUT2D eigenvalue weighted by Gasteiger charge is 2.29. The summed E-state index contributed by atoms with van der Waals surface area (Å²) in [7, 11) is 0. The minimum Gasteiger partial charge on any atom is -0.459 e. The fraction of sp³-hybridized carbons (Fsp3) is 0.667. The Morgan fingerprint density at radius 1 is 1.05 bits per heavy atom. The van der Waals surface area contributed by atoms with Gasteiger partial charge in [-0.05, 0) is 56.1 Å². The van der Waals surface area contributed by atoms with E-state index in [0.717, 1.165) is 43.1 Å². The van der Waals surface area contributed by atoms with E-state index in [4.69, 9.17) is 4.74 Å². The largest absolute Gasteiger partial charge is 0.459 e. The third-order valence-corrected chi connectivity index (χ3v) is 9.40. The summed E-state index contributed by atoms with van der Waals surface area (Å²) >= 11 is 3.03. The molecular formula is C30H46N4O5S2. The van der Waals surface area contributed by atoms with Gasteiger partial charge in [0, 0.05) is 31.4 Å². The Kier molecular flexibility index (Phi) is 14.9. The average Bonchev–Trinajstić information content (AvgIpc) is 2.98. The van der Waals surface area contributed by atoms with E-state index >= 15 is 0 Å². The second-order valence-corrected chi connectivity index (χ2v) is 12.8. The minimum absolute atomic E-state index is 0.0515. The van der Waals surface area contributed by atoms with Crippen LogP contribution in [0, 0.1) is 5.92 Å². The zero-order valence-electron chi connectivity index (χ0n) is 24.5. The van der Waals surface area contributed by atoms with Gasteiger partial charge in [-0.3, -0.25) is 19.3 Å². The molecule has 1 atom stereocenters. The third-order valence-electron chi connectivity index (χ3n) is 7.55. The van der Waals surface area contributed by atoms with Crippen LogP contribution in [0.1, 0.15) is 57.4 Å². The zero-order valence-corrected chi connectivity index (χ0v) is 26.1. The van der Waals surface area contributed by atoms with Crippen LogP contribution in [-0.4, -0.2) is 95.5 Å². The van der Waals surface area contributed by atoms with Crippen LogP contribution < -0.4 is 10.6 Å². The van der Waals surface area contributed by atoms with Crippen LogP contribution in [0.2, 0.25) is 0 Å². The first-order valence-electron chi connectivity index (χ1n) is 14.8. The van der Waals surface area contributed by atoms with Crippen molar-refractivity contribution in [2.45, 2.75) is 70.5 Å². The van der Waals surface area contributed by atoms with Crippen LogP contribution in [0.4, 0.5) is 0 Å². The molecule has 1 aromatic carbocycles. The number of hydrogen-bond acceptors (Lipinski definition) is 8. The summed E-state index contributed by atoms with van der Waals surface area (Å²) in [5.74, 6) is -0.234. The van der Waals surface area contributed by atoms with Crippen molar-refractivity contribution in [2.75, 3.05) is 49.9 Å². The van der Waals surface area contributed by atoms with Gasteiger partial charge >= 0.3 is 11.9 Å². The molecule has 0 bridgehead atoms. The number of thioether (sulfide) groups is 2. The molecule has 9 nitrogen and oxygen atoms in total. The molecule has 2 N–H and O–H groups in total. The predicted octanol–water partition coefficient (Wildman–Crippen LogP) is 3.28. The summed E-state index contributed by atoms with van der Waals surface area (Å²) in [6.45, 7) is 4.08. The molecule has 0 unspecified atom stereocenters. The number of benzene rings is 1. The van der Waals surface area contributed by atoms with Crippen molar-refractivity contribution >= 4 is 47.2 Å². The van der Waals surface area contributed by atoms with Gasteiger partial charge in [0.05, 0.1) is 12.5 Å². The topological polar surface area (TPSA) is 108 Å². The molecule has 1 aromatic rings. The summed E-state index contributed by atoms with van der Waals surface area (Å²) in [6, 6.07) is 9.72. The second-order valence-electron chi connectivity index (χ2n) is 10.8. The average molecular weight is 607 g/mol. The molecule has 1 saturated carbocycles. The van der Waals surface area contributed by atoms with Gasteiger partial charge in [0.2, 0.25) is 11.8 Å².